The minimum absolute atomic E-state index is 0.00426. The van der Waals surface area contributed by atoms with Crippen LogP contribution in [0.15, 0.2) is 54.6 Å². The summed E-state index contributed by atoms with van der Waals surface area (Å²) in [5.41, 5.74) is 0.535. The van der Waals surface area contributed by atoms with Crippen LogP contribution in [0.1, 0.15) is 41.4 Å². The molecule has 0 saturated carbocycles. The second-order valence-corrected chi connectivity index (χ2v) is 5.93. The second kappa shape index (κ2) is 8.85. The molecule has 0 aliphatic heterocycles. The molecule has 0 aliphatic rings. The molecule has 0 fully saturated rings. The van der Waals surface area contributed by atoms with E-state index < -0.39 is 11.7 Å². The monoisotopic (exact) mass is 364 g/mol. The quantitative estimate of drug-likeness (QED) is 0.784. The third-order valence-electron chi connectivity index (χ3n) is 4.37. The fourth-order valence-electron chi connectivity index (χ4n) is 2.90. The number of benzene rings is 2. The Hall–Kier alpha value is -2.34. The third kappa shape index (κ3) is 5.08. The Morgan fingerprint density at radius 3 is 2.08 bits per heavy atom. The second-order valence-electron chi connectivity index (χ2n) is 5.93. The lowest BCUT2D eigenvalue weighted by atomic mass is 10.0. The molecular weight excluding hydrogens is 341 g/mol. The molecule has 0 spiro atoms. The summed E-state index contributed by atoms with van der Waals surface area (Å²) in [5, 5.41) is 2.84. The highest BCUT2D eigenvalue weighted by molar-refractivity contribution is 5.94. The minimum Gasteiger partial charge on any atom is -0.350 e. The predicted octanol–water partition coefficient (Wildman–Crippen LogP) is 4.52. The smallest absolute Gasteiger partial charge is 0.350 e. The van der Waals surface area contributed by atoms with Crippen LogP contribution in [0.2, 0.25) is 0 Å². The molecule has 2 aromatic rings. The number of hydrogen-bond acceptors (Lipinski definition) is 2. The summed E-state index contributed by atoms with van der Waals surface area (Å²) in [5.74, 6) is -0.383. The highest BCUT2D eigenvalue weighted by Crippen LogP contribution is 2.29. The Labute approximate surface area is 151 Å². The number of alkyl halides is 3. The third-order valence-corrected chi connectivity index (χ3v) is 4.37. The summed E-state index contributed by atoms with van der Waals surface area (Å²) in [6.45, 7) is 6.14. The summed E-state index contributed by atoms with van der Waals surface area (Å²) in [6.07, 6.45) is -4.41. The van der Waals surface area contributed by atoms with Crippen molar-refractivity contribution in [2.75, 3.05) is 19.6 Å². The van der Waals surface area contributed by atoms with Crippen LogP contribution < -0.4 is 5.32 Å². The van der Waals surface area contributed by atoms with Crippen LogP contribution in [0, 0.1) is 0 Å². The lowest BCUT2D eigenvalue weighted by Gasteiger charge is -2.30. The molecule has 2 aromatic carbocycles. The number of nitrogens with zero attached hydrogens (tertiary/aromatic N) is 1. The van der Waals surface area contributed by atoms with Gasteiger partial charge in [0.2, 0.25) is 0 Å². The molecule has 0 aromatic heterocycles. The van der Waals surface area contributed by atoms with Crippen molar-refractivity contribution in [3.8, 4) is 0 Å². The topological polar surface area (TPSA) is 32.3 Å². The molecule has 1 N–H and O–H groups in total. The van der Waals surface area contributed by atoms with Crippen molar-refractivity contribution in [2.45, 2.75) is 26.1 Å². The van der Waals surface area contributed by atoms with Crippen molar-refractivity contribution in [2.24, 2.45) is 0 Å². The molecule has 2 rings (SSSR count). The number of likely N-dealkylation sites (N-methyl/N-ethyl adjacent to an activating group) is 1. The molecule has 0 aliphatic carbocycles. The van der Waals surface area contributed by atoms with E-state index in [4.69, 9.17) is 0 Å². The maximum atomic E-state index is 12.6. The van der Waals surface area contributed by atoms with Gasteiger partial charge in [-0.2, -0.15) is 13.2 Å². The van der Waals surface area contributed by atoms with Crippen LogP contribution in [0.4, 0.5) is 13.2 Å². The maximum absolute atomic E-state index is 12.6. The Morgan fingerprint density at radius 2 is 1.58 bits per heavy atom. The van der Waals surface area contributed by atoms with Crippen molar-refractivity contribution < 1.29 is 18.0 Å². The van der Waals surface area contributed by atoms with E-state index in [-0.39, 0.29) is 17.5 Å². The summed E-state index contributed by atoms with van der Waals surface area (Å²) in [6, 6.07) is 14.1. The van der Waals surface area contributed by atoms with Crippen molar-refractivity contribution in [1.29, 1.82) is 0 Å². The standard InChI is InChI=1S/C20H23F3N2O/c1-3-25(4-2)18(15-8-6-5-7-9-15)14-24-19(26)16-10-12-17(13-11-16)20(21,22)23/h5-13,18H,3-4,14H2,1-2H3,(H,24,26)/t18-/m1/s1. The van der Waals surface area contributed by atoms with E-state index >= 15 is 0 Å². The van der Waals surface area contributed by atoms with Gasteiger partial charge < -0.3 is 5.32 Å². The van der Waals surface area contributed by atoms with Gasteiger partial charge in [0, 0.05) is 12.1 Å². The zero-order valence-corrected chi connectivity index (χ0v) is 14.9. The van der Waals surface area contributed by atoms with E-state index in [1.54, 1.807) is 0 Å². The molecule has 1 amide bonds. The first kappa shape index (κ1) is 20.0. The molecule has 0 heterocycles. The van der Waals surface area contributed by atoms with Crippen molar-refractivity contribution in [3.63, 3.8) is 0 Å². The van der Waals surface area contributed by atoms with E-state index in [1.807, 2.05) is 30.3 Å². The van der Waals surface area contributed by atoms with Crippen molar-refractivity contribution in [1.82, 2.24) is 10.2 Å². The van der Waals surface area contributed by atoms with Crippen LogP contribution in [0.25, 0.3) is 0 Å². The fourth-order valence-corrected chi connectivity index (χ4v) is 2.90. The van der Waals surface area contributed by atoms with Gasteiger partial charge in [-0.15, -0.1) is 0 Å². The zero-order chi connectivity index (χ0) is 19.2. The highest BCUT2D eigenvalue weighted by atomic mass is 19.4. The molecule has 26 heavy (non-hydrogen) atoms. The van der Waals surface area contributed by atoms with Crippen LogP contribution in [-0.2, 0) is 6.18 Å². The van der Waals surface area contributed by atoms with Gasteiger partial charge >= 0.3 is 6.18 Å². The largest absolute Gasteiger partial charge is 0.416 e. The van der Waals surface area contributed by atoms with Gasteiger partial charge in [-0.25, -0.2) is 0 Å². The van der Waals surface area contributed by atoms with Gasteiger partial charge in [0.15, 0.2) is 0 Å². The van der Waals surface area contributed by atoms with Crippen LogP contribution in [-0.4, -0.2) is 30.4 Å². The first-order valence-electron chi connectivity index (χ1n) is 8.61. The molecular formula is C20H23F3N2O. The summed E-state index contributed by atoms with van der Waals surface area (Å²) < 4.78 is 37.9. The summed E-state index contributed by atoms with van der Waals surface area (Å²) in [4.78, 5) is 14.6. The first-order chi connectivity index (χ1) is 12.4. The van der Waals surface area contributed by atoms with Gasteiger partial charge in [-0.1, -0.05) is 44.2 Å². The van der Waals surface area contributed by atoms with Crippen LogP contribution >= 0.6 is 0 Å². The first-order valence-corrected chi connectivity index (χ1v) is 8.61. The van der Waals surface area contributed by atoms with Gasteiger partial charge in [0.25, 0.3) is 5.91 Å². The average molecular weight is 364 g/mol. The number of rotatable bonds is 7. The SMILES string of the molecule is CCN(CC)[C@H](CNC(=O)c1ccc(C(F)(F)F)cc1)c1ccccc1. The Kier molecular flexibility index (Phi) is 6.80. The lowest BCUT2D eigenvalue weighted by molar-refractivity contribution is -0.137. The number of nitrogens with one attached hydrogen (secondary N) is 1. The molecule has 6 heteroatoms. The van der Waals surface area contributed by atoms with Crippen LogP contribution in [0.3, 0.4) is 0 Å². The normalized spacial score (nSPS) is 12.8. The molecule has 0 saturated heterocycles. The molecule has 140 valence electrons. The number of hydrogen-bond donors (Lipinski definition) is 1. The Bertz CT molecular complexity index is 695. The Morgan fingerprint density at radius 1 is 1.00 bits per heavy atom. The lowest BCUT2D eigenvalue weighted by Crippen LogP contribution is -2.38. The highest BCUT2D eigenvalue weighted by Gasteiger charge is 2.30. The number of carbonyl (C=O) groups excluding carboxylic acids is 1. The number of amides is 1. The van der Waals surface area contributed by atoms with E-state index in [2.05, 4.69) is 24.1 Å². The van der Waals surface area contributed by atoms with Crippen molar-refractivity contribution >= 4 is 5.91 Å². The Balaban J connectivity index is 2.09. The number of halogens is 3. The molecule has 0 radical (unpaired) electrons. The molecule has 0 unspecified atom stereocenters. The van der Waals surface area contributed by atoms with E-state index in [0.717, 1.165) is 30.8 Å². The van der Waals surface area contributed by atoms with Gasteiger partial charge in [0.05, 0.1) is 11.6 Å². The predicted molar refractivity (Wildman–Crippen MR) is 95.9 cm³/mol. The van der Waals surface area contributed by atoms with Gasteiger partial charge in [-0.3, -0.25) is 9.69 Å². The van der Waals surface area contributed by atoms with Gasteiger partial charge in [0.1, 0.15) is 0 Å². The van der Waals surface area contributed by atoms with Crippen LogP contribution in [0.5, 0.6) is 0 Å². The molecule has 3 nitrogen and oxygen atoms in total. The fraction of sp³-hybridized carbons (Fsp3) is 0.350. The van der Waals surface area contributed by atoms with Crippen molar-refractivity contribution in [3.05, 3.63) is 71.3 Å². The number of carbonyl (C=O) groups is 1. The summed E-state index contributed by atoms with van der Waals surface area (Å²) in [7, 11) is 0. The molecule has 0 bridgehead atoms. The van der Waals surface area contributed by atoms with Gasteiger partial charge in [-0.05, 0) is 42.9 Å². The minimum atomic E-state index is -4.41. The average Bonchev–Trinajstić information content (AvgIpc) is 2.65. The zero-order valence-electron chi connectivity index (χ0n) is 14.9. The van der Waals surface area contributed by atoms with E-state index in [1.165, 1.54) is 12.1 Å². The van der Waals surface area contributed by atoms with E-state index in [9.17, 15) is 18.0 Å². The maximum Gasteiger partial charge on any atom is 0.416 e. The van der Waals surface area contributed by atoms with E-state index in [0.29, 0.717) is 6.54 Å². The molecule has 1 atom stereocenters. The summed E-state index contributed by atoms with van der Waals surface area (Å²) >= 11 is 0.